The molecule has 0 radical (unpaired) electrons. The molecule has 0 aromatic carbocycles. The molecule has 0 aromatic heterocycles. The van der Waals surface area contributed by atoms with Gasteiger partial charge in [-0.05, 0) is 6.92 Å². The van der Waals surface area contributed by atoms with Gasteiger partial charge >= 0.3 is 0 Å². The summed E-state index contributed by atoms with van der Waals surface area (Å²) in [5.74, 6) is 0. The van der Waals surface area contributed by atoms with E-state index in [9.17, 15) is 5.11 Å². The maximum atomic E-state index is 9.38. The molecule has 0 saturated carbocycles. The Morgan fingerprint density at radius 1 is 1.36 bits per heavy atom. The molecule has 0 rings (SSSR count). The number of hydrogen-bond donors (Lipinski definition) is 3. The molecule has 5 heteroatoms. The highest BCUT2D eigenvalue weighted by molar-refractivity contribution is 4.63. The van der Waals surface area contributed by atoms with Crippen LogP contribution in [0.5, 0.6) is 0 Å². The molecule has 0 bridgehead atoms. The van der Waals surface area contributed by atoms with E-state index in [0.717, 1.165) is 0 Å². The van der Waals surface area contributed by atoms with Gasteiger partial charge in [0.25, 0.3) is 0 Å². The summed E-state index contributed by atoms with van der Waals surface area (Å²) in [7, 11) is 1.60. The second kappa shape index (κ2) is 9.36. The van der Waals surface area contributed by atoms with Crippen molar-refractivity contribution in [3.8, 4) is 0 Å². The van der Waals surface area contributed by atoms with Gasteiger partial charge in [0.1, 0.15) is 0 Å². The molecule has 86 valence electrons. The average Bonchev–Trinajstić information content (AvgIpc) is 2.21. The Morgan fingerprint density at radius 3 is 2.64 bits per heavy atom. The molecule has 0 spiro atoms. The zero-order chi connectivity index (χ0) is 10.8. The van der Waals surface area contributed by atoms with Crippen LogP contribution in [-0.4, -0.2) is 62.4 Å². The molecule has 5 nitrogen and oxygen atoms in total. The summed E-state index contributed by atoms with van der Waals surface area (Å²) in [5, 5.41) is 21.0. The van der Waals surface area contributed by atoms with Gasteiger partial charge in [0, 0.05) is 19.7 Å². The van der Waals surface area contributed by atoms with Crippen LogP contribution in [0.3, 0.4) is 0 Å². The SMILES string of the molecule is COCCOCC(O)CNC(C)CO. The molecule has 0 saturated heterocycles. The smallest absolute Gasteiger partial charge is 0.0897 e. The van der Waals surface area contributed by atoms with Crippen LogP contribution in [0.4, 0.5) is 0 Å². The first-order valence-corrected chi connectivity index (χ1v) is 4.79. The Kier molecular flexibility index (Phi) is 9.23. The summed E-state index contributed by atoms with van der Waals surface area (Å²) in [6.45, 7) is 3.65. The Bertz CT molecular complexity index is 123. The highest BCUT2D eigenvalue weighted by Crippen LogP contribution is 1.86. The topological polar surface area (TPSA) is 71.0 Å². The van der Waals surface area contributed by atoms with E-state index in [4.69, 9.17) is 14.6 Å². The lowest BCUT2D eigenvalue weighted by atomic mass is 10.3. The fourth-order valence-electron chi connectivity index (χ4n) is 0.822. The van der Waals surface area contributed by atoms with E-state index in [1.807, 2.05) is 6.92 Å². The van der Waals surface area contributed by atoms with Crippen molar-refractivity contribution in [1.29, 1.82) is 0 Å². The van der Waals surface area contributed by atoms with Gasteiger partial charge in [-0.15, -0.1) is 0 Å². The molecule has 14 heavy (non-hydrogen) atoms. The molecule has 0 amide bonds. The number of ether oxygens (including phenoxy) is 2. The van der Waals surface area contributed by atoms with Gasteiger partial charge in [-0.3, -0.25) is 0 Å². The van der Waals surface area contributed by atoms with Crippen LogP contribution < -0.4 is 5.32 Å². The molecular weight excluding hydrogens is 186 g/mol. The number of rotatable bonds is 9. The van der Waals surface area contributed by atoms with Crippen molar-refractivity contribution in [2.75, 3.05) is 40.1 Å². The third-order valence-electron chi connectivity index (χ3n) is 1.72. The summed E-state index contributed by atoms with van der Waals surface area (Å²) in [5.41, 5.74) is 0. The Labute approximate surface area is 85.0 Å². The lowest BCUT2D eigenvalue weighted by Crippen LogP contribution is -2.37. The van der Waals surface area contributed by atoms with Crippen molar-refractivity contribution in [2.45, 2.75) is 19.1 Å². The molecule has 0 aromatic rings. The fourth-order valence-corrected chi connectivity index (χ4v) is 0.822. The van der Waals surface area contributed by atoms with E-state index in [1.165, 1.54) is 0 Å². The monoisotopic (exact) mass is 207 g/mol. The zero-order valence-electron chi connectivity index (χ0n) is 8.90. The zero-order valence-corrected chi connectivity index (χ0v) is 8.90. The van der Waals surface area contributed by atoms with Gasteiger partial charge in [-0.1, -0.05) is 0 Å². The number of aliphatic hydroxyl groups is 2. The first-order valence-electron chi connectivity index (χ1n) is 4.79. The molecule has 0 fully saturated rings. The van der Waals surface area contributed by atoms with Crippen molar-refractivity contribution in [3.63, 3.8) is 0 Å². The quantitative estimate of drug-likeness (QED) is 0.422. The third-order valence-corrected chi connectivity index (χ3v) is 1.72. The predicted octanol–water partition coefficient (Wildman–Crippen LogP) is -1.02. The van der Waals surface area contributed by atoms with Crippen LogP contribution in [0.2, 0.25) is 0 Å². The molecule has 0 aliphatic carbocycles. The molecule has 3 N–H and O–H groups in total. The van der Waals surface area contributed by atoms with E-state index < -0.39 is 6.10 Å². The average molecular weight is 207 g/mol. The summed E-state index contributed by atoms with van der Waals surface area (Å²) >= 11 is 0. The van der Waals surface area contributed by atoms with Crippen LogP contribution in [0.15, 0.2) is 0 Å². The largest absolute Gasteiger partial charge is 0.395 e. The summed E-state index contributed by atoms with van der Waals surface area (Å²) in [6.07, 6.45) is -0.541. The first kappa shape index (κ1) is 13.8. The highest BCUT2D eigenvalue weighted by atomic mass is 16.5. The molecule has 0 heterocycles. The fraction of sp³-hybridized carbons (Fsp3) is 1.00. The van der Waals surface area contributed by atoms with E-state index in [0.29, 0.717) is 19.8 Å². The van der Waals surface area contributed by atoms with Crippen LogP contribution in [0.1, 0.15) is 6.92 Å². The van der Waals surface area contributed by atoms with Crippen LogP contribution in [-0.2, 0) is 9.47 Å². The lowest BCUT2D eigenvalue weighted by molar-refractivity contribution is 0.0125. The van der Waals surface area contributed by atoms with E-state index >= 15 is 0 Å². The highest BCUT2D eigenvalue weighted by Gasteiger charge is 2.05. The van der Waals surface area contributed by atoms with Gasteiger partial charge in [0.05, 0.1) is 32.5 Å². The second-order valence-corrected chi connectivity index (χ2v) is 3.21. The molecule has 2 unspecified atom stereocenters. The minimum Gasteiger partial charge on any atom is -0.395 e. The van der Waals surface area contributed by atoms with Gasteiger partial charge in [0.15, 0.2) is 0 Å². The van der Waals surface area contributed by atoms with Crippen molar-refractivity contribution in [1.82, 2.24) is 5.32 Å². The van der Waals surface area contributed by atoms with E-state index in [1.54, 1.807) is 7.11 Å². The molecule has 0 aliphatic heterocycles. The normalized spacial score (nSPS) is 15.4. The van der Waals surface area contributed by atoms with Gasteiger partial charge in [-0.25, -0.2) is 0 Å². The Hall–Kier alpha value is -0.200. The van der Waals surface area contributed by atoms with Gasteiger partial charge in [0.2, 0.25) is 0 Å². The maximum absolute atomic E-state index is 9.38. The predicted molar refractivity (Wildman–Crippen MR) is 53.3 cm³/mol. The number of nitrogens with one attached hydrogen (secondary N) is 1. The minimum atomic E-state index is -0.541. The summed E-state index contributed by atoms with van der Waals surface area (Å²) in [4.78, 5) is 0. The van der Waals surface area contributed by atoms with Crippen LogP contribution in [0.25, 0.3) is 0 Å². The van der Waals surface area contributed by atoms with Crippen molar-refractivity contribution in [3.05, 3.63) is 0 Å². The van der Waals surface area contributed by atoms with Crippen LogP contribution in [0, 0.1) is 0 Å². The van der Waals surface area contributed by atoms with Crippen molar-refractivity contribution < 1.29 is 19.7 Å². The number of aliphatic hydroxyl groups excluding tert-OH is 2. The van der Waals surface area contributed by atoms with Crippen molar-refractivity contribution in [2.24, 2.45) is 0 Å². The van der Waals surface area contributed by atoms with Crippen LogP contribution >= 0.6 is 0 Å². The first-order chi connectivity index (χ1) is 6.70. The lowest BCUT2D eigenvalue weighted by Gasteiger charge is -2.15. The van der Waals surface area contributed by atoms with E-state index in [-0.39, 0.29) is 19.3 Å². The number of methoxy groups -OCH3 is 1. The Morgan fingerprint density at radius 2 is 2.07 bits per heavy atom. The van der Waals surface area contributed by atoms with Gasteiger partial charge < -0.3 is 25.0 Å². The van der Waals surface area contributed by atoms with Crippen molar-refractivity contribution >= 4 is 0 Å². The van der Waals surface area contributed by atoms with Gasteiger partial charge in [-0.2, -0.15) is 0 Å². The summed E-state index contributed by atoms with van der Waals surface area (Å²) in [6, 6.07) is 0.00336. The molecule has 2 atom stereocenters. The maximum Gasteiger partial charge on any atom is 0.0897 e. The Balaban J connectivity index is 3.23. The summed E-state index contributed by atoms with van der Waals surface area (Å²) < 4.78 is 9.91. The minimum absolute atomic E-state index is 0.00336. The third kappa shape index (κ3) is 8.40. The standard InChI is InChI=1S/C9H21NO4/c1-8(6-11)10-5-9(12)7-14-4-3-13-2/h8-12H,3-7H2,1-2H3. The second-order valence-electron chi connectivity index (χ2n) is 3.21. The molecular formula is C9H21NO4. The number of hydrogen-bond acceptors (Lipinski definition) is 5. The van der Waals surface area contributed by atoms with E-state index in [2.05, 4.69) is 5.32 Å². The molecule has 0 aliphatic rings.